The molecule has 10 heteroatoms. The number of fused-ring (bicyclic) bond motifs is 2. The number of hydrogen-bond acceptors (Lipinski definition) is 8. The first kappa shape index (κ1) is 17.1. The molecule has 0 aliphatic rings. The van der Waals surface area contributed by atoms with Crippen molar-refractivity contribution >= 4 is 39.0 Å². The van der Waals surface area contributed by atoms with Crippen molar-refractivity contribution in [3.63, 3.8) is 0 Å². The van der Waals surface area contributed by atoms with Gasteiger partial charge in [0.25, 0.3) is 16.7 Å². The molecule has 5 aromatic rings. The number of rotatable bonds is 5. The van der Waals surface area contributed by atoms with E-state index in [1.165, 1.54) is 33.7 Å². The summed E-state index contributed by atoms with van der Waals surface area (Å²) in [5.74, 6) is 0.916. The molecule has 5 rings (SSSR count). The molecule has 140 valence electrons. The number of hydrogen-bond donors (Lipinski definition) is 1. The van der Waals surface area contributed by atoms with E-state index in [-0.39, 0.29) is 5.56 Å². The molecule has 4 heterocycles. The molecule has 0 unspecified atom stereocenters. The minimum atomic E-state index is -0.179. The molecule has 0 bridgehead atoms. The molecule has 0 spiro atoms. The van der Waals surface area contributed by atoms with Gasteiger partial charge in [0.2, 0.25) is 4.96 Å². The van der Waals surface area contributed by atoms with Crippen LogP contribution in [-0.2, 0) is 12.2 Å². The zero-order valence-electron chi connectivity index (χ0n) is 14.7. The maximum Gasteiger partial charge on any atom is 0.277 e. The van der Waals surface area contributed by atoms with Gasteiger partial charge < -0.3 is 9.40 Å². The van der Waals surface area contributed by atoms with Gasteiger partial charge in [0.05, 0.1) is 11.3 Å². The number of nitrogens with zero attached hydrogens (tertiary/aromatic N) is 5. The predicted octanol–water partition coefficient (Wildman–Crippen LogP) is 3.54. The number of aryl methyl sites for hydroxylation is 1. The van der Waals surface area contributed by atoms with Crippen LogP contribution in [-0.4, -0.2) is 29.8 Å². The largest absolute Gasteiger partial charge is 0.411 e. The Kier molecular flexibility index (Phi) is 4.21. The number of aromatic nitrogens is 6. The number of nitrogens with one attached hydrogen (secondary N) is 1. The molecule has 0 saturated heterocycles. The molecule has 1 aromatic carbocycles. The third kappa shape index (κ3) is 3.00. The summed E-state index contributed by atoms with van der Waals surface area (Å²) in [4.78, 5) is 20.5. The van der Waals surface area contributed by atoms with Crippen LogP contribution in [0.4, 0.5) is 0 Å². The molecule has 28 heavy (non-hydrogen) atoms. The summed E-state index contributed by atoms with van der Waals surface area (Å²) in [5, 5.41) is 14.9. The maximum atomic E-state index is 12.2. The smallest absolute Gasteiger partial charge is 0.277 e. The Balaban J connectivity index is 1.38. The third-order valence-corrected chi connectivity index (χ3v) is 6.12. The van der Waals surface area contributed by atoms with Gasteiger partial charge in [0.1, 0.15) is 5.01 Å². The molecule has 0 amide bonds. The van der Waals surface area contributed by atoms with Crippen molar-refractivity contribution in [2.24, 2.45) is 0 Å². The van der Waals surface area contributed by atoms with Crippen molar-refractivity contribution in [2.45, 2.75) is 24.3 Å². The fraction of sp³-hybridized carbons (Fsp3) is 0.167. The van der Waals surface area contributed by atoms with Crippen molar-refractivity contribution in [2.75, 3.05) is 0 Å². The van der Waals surface area contributed by atoms with Crippen LogP contribution in [0.3, 0.4) is 0 Å². The fourth-order valence-corrected chi connectivity index (χ4v) is 4.39. The van der Waals surface area contributed by atoms with Gasteiger partial charge in [-0.3, -0.25) is 4.79 Å². The molecule has 0 saturated carbocycles. The van der Waals surface area contributed by atoms with Gasteiger partial charge in [-0.25, -0.2) is 4.98 Å². The SMILES string of the molecule is CCc1nn2c(=O)cc(CSc3nnc(-c4c[nH]c5ccccc45)o3)nc2s1. The van der Waals surface area contributed by atoms with Gasteiger partial charge in [-0.2, -0.15) is 9.61 Å². The van der Waals surface area contributed by atoms with Crippen LogP contribution in [0.5, 0.6) is 0 Å². The molecular formula is C18H14N6O2S2. The van der Waals surface area contributed by atoms with E-state index in [1.54, 1.807) is 0 Å². The van der Waals surface area contributed by atoms with Gasteiger partial charge in [-0.05, 0) is 12.5 Å². The predicted molar refractivity (Wildman–Crippen MR) is 108 cm³/mol. The second-order valence-corrected chi connectivity index (χ2v) is 8.01. The first-order chi connectivity index (χ1) is 13.7. The zero-order valence-corrected chi connectivity index (χ0v) is 16.4. The van der Waals surface area contributed by atoms with Gasteiger partial charge in [-0.1, -0.05) is 48.2 Å². The van der Waals surface area contributed by atoms with Crippen molar-refractivity contribution in [3.8, 4) is 11.5 Å². The monoisotopic (exact) mass is 410 g/mol. The number of H-pyrrole nitrogens is 1. The van der Waals surface area contributed by atoms with Crippen LogP contribution in [0.25, 0.3) is 27.3 Å². The average molecular weight is 410 g/mol. The number of thioether (sulfide) groups is 1. The lowest BCUT2D eigenvalue weighted by molar-refractivity contribution is 0.466. The van der Waals surface area contributed by atoms with E-state index in [9.17, 15) is 4.79 Å². The van der Waals surface area contributed by atoms with E-state index in [4.69, 9.17) is 4.42 Å². The summed E-state index contributed by atoms with van der Waals surface area (Å²) >= 11 is 2.78. The topological polar surface area (TPSA) is 102 Å². The molecule has 0 aliphatic heterocycles. The summed E-state index contributed by atoms with van der Waals surface area (Å²) in [6, 6.07) is 9.43. The van der Waals surface area contributed by atoms with Crippen LogP contribution in [0.2, 0.25) is 0 Å². The first-order valence-corrected chi connectivity index (χ1v) is 10.4. The number of benzene rings is 1. The number of aromatic amines is 1. The highest BCUT2D eigenvalue weighted by atomic mass is 32.2. The van der Waals surface area contributed by atoms with E-state index < -0.39 is 0 Å². The van der Waals surface area contributed by atoms with E-state index in [2.05, 4.69) is 25.3 Å². The quantitative estimate of drug-likeness (QED) is 0.442. The fourth-order valence-electron chi connectivity index (χ4n) is 2.87. The second-order valence-electron chi connectivity index (χ2n) is 6.04. The zero-order chi connectivity index (χ0) is 19.1. The van der Waals surface area contributed by atoms with Crippen LogP contribution in [0.15, 0.2) is 51.0 Å². The highest BCUT2D eigenvalue weighted by molar-refractivity contribution is 7.98. The number of para-hydroxylation sites is 1. The molecule has 0 aliphatic carbocycles. The van der Waals surface area contributed by atoms with Gasteiger partial charge in [-0.15, -0.1) is 10.2 Å². The lowest BCUT2D eigenvalue weighted by Crippen LogP contribution is -2.15. The molecule has 1 N–H and O–H groups in total. The van der Waals surface area contributed by atoms with Gasteiger partial charge in [0.15, 0.2) is 0 Å². The highest BCUT2D eigenvalue weighted by Crippen LogP contribution is 2.30. The van der Waals surface area contributed by atoms with Crippen molar-refractivity contribution < 1.29 is 4.42 Å². The summed E-state index contributed by atoms with van der Waals surface area (Å²) < 4.78 is 7.14. The Morgan fingerprint density at radius 2 is 2.18 bits per heavy atom. The normalized spacial score (nSPS) is 11.6. The second kappa shape index (κ2) is 6.88. The molecule has 4 aromatic heterocycles. The Morgan fingerprint density at radius 1 is 1.29 bits per heavy atom. The minimum absolute atomic E-state index is 0.179. The van der Waals surface area contributed by atoms with Gasteiger partial charge in [0, 0.05) is 28.9 Å². The highest BCUT2D eigenvalue weighted by Gasteiger charge is 2.14. The van der Waals surface area contributed by atoms with Crippen LogP contribution in [0.1, 0.15) is 17.6 Å². The molecular weight excluding hydrogens is 396 g/mol. The lowest BCUT2D eigenvalue weighted by Gasteiger charge is -1.97. The van der Waals surface area contributed by atoms with E-state index in [0.29, 0.717) is 27.5 Å². The summed E-state index contributed by atoms with van der Waals surface area (Å²) in [6.07, 6.45) is 2.63. The van der Waals surface area contributed by atoms with E-state index >= 15 is 0 Å². The van der Waals surface area contributed by atoms with Crippen LogP contribution < -0.4 is 5.56 Å². The summed E-state index contributed by atoms with van der Waals surface area (Å²) in [7, 11) is 0. The molecule has 0 atom stereocenters. The van der Waals surface area contributed by atoms with Gasteiger partial charge >= 0.3 is 0 Å². The maximum absolute atomic E-state index is 12.2. The molecule has 8 nitrogen and oxygen atoms in total. The van der Waals surface area contributed by atoms with Crippen LogP contribution >= 0.6 is 23.1 Å². The Labute approximate surface area is 166 Å². The van der Waals surface area contributed by atoms with Crippen LogP contribution in [0, 0.1) is 0 Å². The van der Waals surface area contributed by atoms with Crippen molar-refractivity contribution in [1.29, 1.82) is 0 Å². The lowest BCUT2D eigenvalue weighted by atomic mass is 10.2. The van der Waals surface area contributed by atoms with E-state index in [0.717, 1.165) is 27.9 Å². The standard InChI is InChI=1S/C18H14N6O2S2/c1-2-14-23-24-15(25)7-10(20-17(24)28-14)9-27-18-22-21-16(26-18)12-8-19-13-6-4-3-5-11(12)13/h3-8,19H,2,9H2,1H3. The van der Waals surface area contributed by atoms with E-state index in [1.807, 2.05) is 37.4 Å². The Morgan fingerprint density at radius 3 is 3.07 bits per heavy atom. The summed E-state index contributed by atoms with van der Waals surface area (Å²) in [6.45, 7) is 2.00. The van der Waals surface area contributed by atoms with Crippen molar-refractivity contribution in [3.05, 3.63) is 57.6 Å². The summed E-state index contributed by atoms with van der Waals surface area (Å²) in [5.41, 5.74) is 2.36. The minimum Gasteiger partial charge on any atom is -0.411 e. The Hall–Kier alpha value is -2.98. The third-order valence-electron chi connectivity index (χ3n) is 4.21. The molecule has 0 fully saturated rings. The molecule has 0 radical (unpaired) electrons. The average Bonchev–Trinajstić information content (AvgIpc) is 3.43. The van der Waals surface area contributed by atoms with Crippen molar-refractivity contribution in [1.82, 2.24) is 29.8 Å². The Bertz CT molecular complexity index is 1350. The first-order valence-electron chi connectivity index (χ1n) is 8.62.